The lowest BCUT2D eigenvalue weighted by Gasteiger charge is -2.15. The number of alkyl halides is 1. The first-order valence-corrected chi connectivity index (χ1v) is 6.61. The van der Waals surface area contributed by atoms with Crippen LogP contribution in [0.3, 0.4) is 0 Å². The molecule has 78 valence electrons. The molecule has 14 heavy (non-hydrogen) atoms. The summed E-state index contributed by atoms with van der Waals surface area (Å²) in [5, 5.41) is 1.11. The number of hydrogen-bond donors (Lipinski definition) is 0. The number of halogens is 1. The van der Waals surface area contributed by atoms with E-state index in [9.17, 15) is 0 Å². The molecule has 0 aliphatic rings. The SMILES string of the molecule is CCCC[C@@H](CCBr)c1ccccc1. The predicted octanol–water partition coefficient (Wildman–Crippen LogP) is 4.75. The fourth-order valence-corrected chi connectivity index (χ4v) is 2.34. The number of rotatable bonds is 6. The van der Waals surface area contributed by atoms with E-state index in [0.717, 1.165) is 11.2 Å². The van der Waals surface area contributed by atoms with Gasteiger partial charge in [-0.05, 0) is 24.3 Å². The molecule has 1 aromatic carbocycles. The summed E-state index contributed by atoms with van der Waals surface area (Å²) in [6.45, 7) is 2.26. The van der Waals surface area contributed by atoms with Gasteiger partial charge in [0.2, 0.25) is 0 Å². The Bertz CT molecular complexity index is 230. The Labute approximate surface area is 95.9 Å². The fourth-order valence-electron chi connectivity index (χ4n) is 1.79. The van der Waals surface area contributed by atoms with Crippen molar-refractivity contribution in [3.8, 4) is 0 Å². The largest absolute Gasteiger partial charge is 0.0928 e. The Morgan fingerprint density at radius 1 is 1.14 bits per heavy atom. The number of hydrogen-bond acceptors (Lipinski definition) is 0. The molecule has 1 atom stereocenters. The summed E-state index contributed by atoms with van der Waals surface area (Å²) in [4.78, 5) is 0. The molecular formula is C13H19Br. The van der Waals surface area contributed by atoms with Gasteiger partial charge in [-0.1, -0.05) is 66.0 Å². The summed E-state index contributed by atoms with van der Waals surface area (Å²) in [5.74, 6) is 0.746. The van der Waals surface area contributed by atoms with E-state index in [-0.39, 0.29) is 0 Å². The number of benzene rings is 1. The van der Waals surface area contributed by atoms with Gasteiger partial charge in [0.05, 0.1) is 0 Å². The van der Waals surface area contributed by atoms with Crippen LogP contribution in [0, 0.1) is 0 Å². The van der Waals surface area contributed by atoms with Crippen LogP contribution < -0.4 is 0 Å². The van der Waals surface area contributed by atoms with Gasteiger partial charge in [-0.3, -0.25) is 0 Å². The first-order chi connectivity index (χ1) is 6.88. The molecule has 0 bridgehead atoms. The molecule has 0 unspecified atom stereocenters. The molecule has 0 radical (unpaired) electrons. The Kier molecular flexibility index (Phi) is 5.93. The van der Waals surface area contributed by atoms with Crippen LogP contribution in [0.5, 0.6) is 0 Å². The summed E-state index contributed by atoms with van der Waals surface area (Å²) < 4.78 is 0. The molecule has 1 aromatic rings. The lowest BCUT2D eigenvalue weighted by Crippen LogP contribution is -1.99. The van der Waals surface area contributed by atoms with Gasteiger partial charge in [0.1, 0.15) is 0 Å². The first kappa shape index (κ1) is 11.8. The van der Waals surface area contributed by atoms with Gasteiger partial charge in [-0.15, -0.1) is 0 Å². The van der Waals surface area contributed by atoms with Crippen LogP contribution in [-0.4, -0.2) is 5.33 Å². The summed E-state index contributed by atoms with van der Waals surface area (Å²) in [7, 11) is 0. The lowest BCUT2D eigenvalue weighted by molar-refractivity contribution is 0.574. The predicted molar refractivity (Wildman–Crippen MR) is 67.1 cm³/mol. The third-order valence-corrected chi connectivity index (χ3v) is 3.09. The third kappa shape index (κ3) is 3.83. The van der Waals surface area contributed by atoms with Crippen molar-refractivity contribution in [1.82, 2.24) is 0 Å². The minimum Gasteiger partial charge on any atom is -0.0928 e. The lowest BCUT2D eigenvalue weighted by atomic mass is 9.91. The van der Waals surface area contributed by atoms with Crippen LogP contribution in [0.25, 0.3) is 0 Å². The van der Waals surface area contributed by atoms with Crippen LogP contribution >= 0.6 is 15.9 Å². The fraction of sp³-hybridized carbons (Fsp3) is 0.538. The van der Waals surface area contributed by atoms with Gasteiger partial charge in [0, 0.05) is 5.33 Å². The van der Waals surface area contributed by atoms with Gasteiger partial charge in [-0.25, -0.2) is 0 Å². The van der Waals surface area contributed by atoms with Crippen molar-refractivity contribution in [3.05, 3.63) is 35.9 Å². The summed E-state index contributed by atoms with van der Waals surface area (Å²) in [6.07, 6.45) is 5.22. The Hall–Kier alpha value is -0.300. The van der Waals surface area contributed by atoms with E-state index < -0.39 is 0 Å². The first-order valence-electron chi connectivity index (χ1n) is 5.49. The maximum atomic E-state index is 3.54. The second-order valence-electron chi connectivity index (χ2n) is 3.73. The molecule has 0 amide bonds. The smallest absolute Gasteiger partial charge is 0.00371 e. The Morgan fingerprint density at radius 2 is 1.86 bits per heavy atom. The van der Waals surface area contributed by atoms with E-state index >= 15 is 0 Å². The second kappa shape index (κ2) is 7.05. The molecule has 0 aromatic heterocycles. The van der Waals surface area contributed by atoms with Gasteiger partial charge < -0.3 is 0 Å². The van der Waals surface area contributed by atoms with Crippen molar-refractivity contribution < 1.29 is 0 Å². The van der Waals surface area contributed by atoms with E-state index in [4.69, 9.17) is 0 Å². The maximum Gasteiger partial charge on any atom is 0.00371 e. The normalized spacial score (nSPS) is 12.7. The minimum absolute atomic E-state index is 0.746. The maximum absolute atomic E-state index is 3.54. The van der Waals surface area contributed by atoms with Crippen molar-refractivity contribution in [2.24, 2.45) is 0 Å². The van der Waals surface area contributed by atoms with Crippen molar-refractivity contribution in [2.75, 3.05) is 5.33 Å². The van der Waals surface area contributed by atoms with Crippen molar-refractivity contribution in [3.63, 3.8) is 0 Å². The summed E-state index contributed by atoms with van der Waals surface area (Å²) in [5.41, 5.74) is 1.50. The molecule has 0 nitrogen and oxygen atoms in total. The average molecular weight is 255 g/mol. The molecule has 0 aliphatic carbocycles. The van der Waals surface area contributed by atoms with E-state index in [1.54, 1.807) is 0 Å². The third-order valence-electron chi connectivity index (χ3n) is 2.63. The molecule has 0 heterocycles. The molecule has 0 fully saturated rings. The van der Waals surface area contributed by atoms with Crippen LogP contribution in [0.1, 0.15) is 44.1 Å². The Balaban J connectivity index is 2.58. The van der Waals surface area contributed by atoms with Gasteiger partial charge in [-0.2, -0.15) is 0 Å². The monoisotopic (exact) mass is 254 g/mol. The highest BCUT2D eigenvalue weighted by Gasteiger charge is 2.09. The van der Waals surface area contributed by atoms with E-state index in [1.807, 2.05) is 0 Å². The van der Waals surface area contributed by atoms with Crippen molar-refractivity contribution in [2.45, 2.75) is 38.5 Å². The minimum atomic E-state index is 0.746. The highest BCUT2D eigenvalue weighted by molar-refractivity contribution is 9.09. The van der Waals surface area contributed by atoms with Crippen LogP contribution in [0.4, 0.5) is 0 Å². The van der Waals surface area contributed by atoms with E-state index in [2.05, 4.69) is 53.2 Å². The van der Waals surface area contributed by atoms with Crippen LogP contribution in [0.2, 0.25) is 0 Å². The van der Waals surface area contributed by atoms with E-state index in [0.29, 0.717) is 0 Å². The van der Waals surface area contributed by atoms with E-state index in [1.165, 1.54) is 31.2 Å². The topological polar surface area (TPSA) is 0 Å². The standard InChI is InChI=1S/C13H19Br/c1-2-3-7-13(10-11-14)12-8-5-4-6-9-12/h4-6,8-9,13H,2-3,7,10-11H2,1H3/t13-/m0/s1. The molecule has 0 aliphatic heterocycles. The molecule has 0 saturated heterocycles. The second-order valence-corrected chi connectivity index (χ2v) is 4.52. The molecule has 0 saturated carbocycles. The highest BCUT2D eigenvalue weighted by Crippen LogP contribution is 2.25. The molecule has 0 spiro atoms. The summed E-state index contributed by atoms with van der Waals surface area (Å²) >= 11 is 3.54. The zero-order valence-corrected chi connectivity index (χ0v) is 10.5. The van der Waals surface area contributed by atoms with Gasteiger partial charge >= 0.3 is 0 Å². The Morgan fingerprint density at radius 3 is 2.43 bits per heavy atom. The average Bonchev–Trinajstić information content (AvgIpc) is 2.25. The van der Waals surface area contributed by atoms with Gasteiger partial charge in [0.25, 0.3) is 0 Å². The molecular weight excluding hydrogens is 236 g/mol. The molecule has 1 rings (SSSR count). The number of unbranched alkanes of at least 4 members (excludes halogenated alkanes) is 1. The zero-order chi connectivity index (χ0) is 10.2. The summed E-state index contributed by atoms with van der Waals surface area (Å²) in [6, 6.07) is 10.9. The molecule has 0 N–H and O–H groups in total. The van der Waals surface area contributed by atoms with Gasteiger partial charge in [0.15, 0.2) is 0 Å². The van der Waals surface area contributed by atoms with Crippen molar-refractivity contribution in [1.29, 1.82) is 0 Å². The molecule has 1 heteroatoms. The van der Waals surface area contributed by atoms with Crippen LogP contribution in [-0.2, 0) is 0 Å². The van der Waals surface area contributed by atoms with Crippen molar-refractivity contribution >= 4 is 15.9 Å². The van der Waals surface area contributed by atoms with Crippen LogP contribution in [0.15, 0.2) is 30.3 Å². The highest BCUT2D eigenvalue weighted by atomic mass is 79.9. The zero-order valence-electron chi connectivity index (χ0n) is 8.88. The quantitative estimate of drug-likeness (QED) is 0.644.